The highest BCUT2D eigenvalue weighted by Crippen LogP contribution is 2.43. The molecular formula is C20H19ClN2O2S2. The van der Waals surface area contributed by atoms with Gasteiger partial charge in [0.15, 0.2) is 0 Å². The molecule has 0 saturated carbocycles. The minimum Gasteiger partial charge on any atom is -0.297 e. The van der Waals surface area contributed by atoms with Gasteiger partial charge in [0.25, 0.3) is 0 Å². The summed E-state index contributed by atoms with van der Waals surface area (Å²) in [5.41, 5.74) is 1.90. The largest absolute Gasteiger partial charge is 0.297 e. The highest BCUT2D eigenvalue weighted by Gasteiger charge is 2.48. The van der Waals surface area contributed by atoms with Crippen LogP contribution in [0.4, 0.5) is 5.69 Å². The van der Waals surface area contributed by atoms with E-state index in [0.29, 0.717) is 15.9 Å². The fourth-order valence-electron chi connectivity index (χ4n) is 3.62. The number of hydroxylamine groups is 1. The van der Waals surface area contributed by atoms with Gasteiger partial charge in [-0.2, -0.15) is 0 Å². The highest BCUT2D eigenvalue weighted by atomic mass is 35.5. The van der Waals surface area contributed by atoms with Gasteiger partial charge >= 0.3 is 0 Å². The molecule has 1 amide bonds. The molecule has 3 atom stereocenters. The molecule has 0 spiro atoms. The number of thiocarbonyl (C=S) groups is 1. The van der Waals surface area contributed by atoms with Crippen molar-refractivity contribution < 1.29 is 9.63 Å². The molecule has 2 aromatic carbocycles. The van der Waals surface area contributed by atoms with Crippen LogP contribution in [0.5, 0.6) is 0 Å². The second-order valence-electron chi connectivity index (χ2n) is 6.60. The molecule has 2 fully saturated rings. The van der Waals surface area contributed by atoms with E-state index in [0.717, 1.165) is 17.0 Å². The number of benzene rings is 2. The van der Waals surface area contributed by atoms with Gasteiger partial charge < -0.3 is 0 Å². The Morgan fingerprint density at radius 2 is 1.89 bits per heavy atom. The number of carbonyl (C=O) groups is 1. The van der Waals surface area contributed by atoms with E-state index in [2.05, 4.69) is 0 Å². The van der Waals surface area contributed by atoms with Crippen molar-refractivity contribution in [1.82, 2.24) is 4.90 Å². The molecule has 4 rings (SSSR count). The Morgan fingerprint density at radius 3 is 2.52 bits per heavy atom. The Hall–Kier alpha value is -1.60. The predicted octanol–water partition coefficient (Wildman–Crippen LogP) is 4.70. The van der Waals surface area contributed by atoms with Crippen LogP contribution in [0.1, 0.15) is 18.5 Å². The lowest BCUT2D eigenvalue weighted by Gasteiger charge is -2.29. The molecule has 27 heavy (non-hydrogen) atoms. The molecule has 140 valence electrons. The Morgan fingerprint density at radius 1 is 1.19 bits per heavy atom. The van der Waals surface area contributed by atoms with Crippen LogP contribution in [-0.4, -0.2) is 33.5 Å². The van der Waals surface area contributed by atoms with Gasteiger partial charge in [-0.3, -0.25) is 14.5 Å². The fraction of sp³-hybridized carbons (Fsp3) is 0.300. The van der Waals surface area contributed by atoms with Crippen LogP contribution >= 0.6 is 35.6 Å². The first-order valence-corrected chi connectivity index (χ1v) is 10.6. The Kier molecular flexibility index (Phi) is 5.41. The quantitative estimate of drug-likeness (QED) is 0.675. The topological polar surface area (TPSA) is 32.8 Å². The second kappa shape index (κ2) is 7.80. The van der Waals surface area contributed by atoms with Gasteiger partial charge in [-0.05, 0) is 36.8 Å². The predicted molar refractivity (Wildman–Crippen MR) is 114 cm³/mol. The van der Waals surface area contributed by atoms with Gasteiger partial charge in [0, 0.05) is 17.3 Å². The van der Waals surface area contributed by atoms with E-state index in [1.807, 2.05) is 66.6 Å². The maximum Gasteiger partial charge on any atom is 0.236 e. The Labute approximate surface area is 173 Å². The van der Waals surface area contributed by atoms with Crippen molar-refractivity contribution in [2.24, 2.45) is 5.92 Å². The molecule has 2 saturated heterocycles. The molecule has 2 aliphatic heterocycles. The van der Waals surface area contributed by atoms with Crippen LogP contribution in [0.3, 0.4) is 0 Å². The summed E-state index contributed by atoms with van der Waals surface area (Å²) in [4.78, 5) is 21.3. The molecule has 0 radical (unpaired) electrons. The van der Waals surface area contributed by atoms with E-state index >= 15 is 0 Å². The minimum absolute atomic E-state index is 0.0304. The van der Waals surface area contributed by atoms with Crippen molar-refractivity contribution in [3.05, 3.63) is 65.2 Å². The summed E-state index contributed by atoms with van der Waals surface area (Å²) >= 11 is 13.0. The molecular weight excluding hydrogens is 400 g/mol. The van der Waals surface area contributed by atoms with Gasteiger partial charge in [-0.15, -0.1) is 0 Å². The number of thioether (sulfide) groups is 1. The van der Waals surface area contributed by atoms with Crippen molar-refractivity contribution in [3.63, 3.8) is 0 Å². The zero-order valence-electron chi connectivity index (χ0n) is 14.7. The number of halogens is 1. The fourth-order valence-corrected chi connectivity index (χ4v) is 4.97. The monoisotopic (exact) mass is 418 g/mol. The van der Waals surface area contributed by atoms with E-state index in [1.165, 1.54) is 0 Å². The second-order valence-corrected chi connectivity index (χ2v) is 8.76. The zero-order valence-corrected chi connectivity index (χ0v) is 17.1. The van der Waals surface area contributed by atoms with Crippen molar-refractivity contribution in [2.45, 2.75) is 19.1 Å². The summed E-state index contributed by atoms with van der Waals surface area (Å²) in [7, 11) is 0. The van der Waals surface area contributed by atoms with Crippen LogP contribution in [0.25, 0.3) is 0 Å². The van der Waals surface area contributed by atoms with Gasteiger partial charge in [-0.25, -0.2) is 5.06 Å². The number of anilines is 1. The maximum absolute atomic E-state index is 13.4. The Balaban J connectivity index is 1.74. The van der Waals surface area contributed by atoms with Crippen LogP contribution < -0.4 is 5.06 Å². The third kappa shape index (κ3) is 3.59. The van der Waals surface area contributed by atoms with Crippen LogP contribution in [0, 0.1) is 5.92 Å². The smallest absolute Gasteiger partial charge is 0.236 e. The third-order valence-corrected chi connectivity index (χ3v) is 6.59. The summed E-state index contributed by atoms with van der Waals surface area (Å²) in [6, 6.07) is 17.2. The van der Waals surface area contributed by atoms with E-state index < -0.39 is 0 Å². The van der Waals surface area contributed by atoms with Crippen molar-refractivity contribution in [2.75, 3.05) is 17.4 Å². The van der Waals surface area contributed by atoms with E-state index in [-0.39, 0.29) is 24.0 Å². The number of carbonyl (C=O) groups excluding carboxylic acids is 1. The van der Waals surface area contributed by atoms with E-state index in [1.54, 1.807) is 16.7 Å². The summed E-state index contributed by atoms with van der Waals surface area (Å²) in [6.07, 6.45) is -0.271. The number of hydrogen-bond acceptors (Lipinski definition) is 5. The summed E-state index contributed by atoms with van der Waals surface area (Å²) in [5, 5.41) is 2.50. The van der Waals surface area contributed by atoms with Gasteiger partial charge in [-0.1, -0.05) is 65.9 Å². The van der Waals surface area contributed by atoms with Crippen molar-refractivity contribution in [3.8, 4) is 0 Å². The zero-order chi connectivity index (χ0) is 19.0. The molecule has 2 aromatic rings. The number of rotatable bonds is 3. The third-order valence-electron chi connectivity index (χ3n) is 4.91. The van der Waals surface area contributed by atoms with Gasteiger partial charge in [0.1, 0.15) is 4.32 Å². The molecule has 0 aromatic heterocycles. The first-order chi connectivity index (χ1) is 13.1. The number of nitrogens with zero attached hydrogens (tertiary/aromatic N) is 2. The molecule has 4 nitrogen and oxygen atoms in total. The SMILES string of the molecule is C[C@@H]1ON(c2ccc(Cl)cc2)[C@@H](c2ccccc2)[C@H]1C(=O)N1CCSC1=S. The van der Waals surface area contributed by atoms with Crippen molar-refractivity contribution in [1.29, 1.82) is 0 Å². The van der Waals surface area contributed by atoms with Crippen LogP contribution in [0.2, 0.25) is 5.02 Å². The molecule has 0 bridgehead atoms. The summed E-state index contributed by atoms with van der Waals surface area (Å²) in [5.74, 6) is 0.534. The Bertz CT molecular complexity index is 847. The molecule has 7 heteroatoms. The summed E-state index contributed by atoms with van der Waals surface area (Å²) < 4.78 is 0.656. The molecule has 0 N–H and O–H groups in total. The normalized spacial score (nSPS) is 25.3. The lowest BCUT2D eigenvalue weighted by molar-refractivity contribution is -0.132. The van der Waals surface area contributed by atoms with Crippen LogP contribution in [-0.2, 0) is 9.63 Å². The average Bonchev–Trinajstić information content (AvgIpc) is 3.26. The first-order valence-electron chi connectivity index (χ1n) is 8.81. The highest BCUT2D eigenvalue weighted by molar-refractivity contribution is 8.23. The lowest BCUT2D eigenvalue weighted by atomic mass is 9.88. The molecule has 0 aliphatic carbocycles. The summed E-state index contributed by atoms with van der Waals surface area (Å²) in [6.45, 7) is 2.61. The van der Waals surface area contributed by atoms with E-state index in [4.69, 9.17) is 28.7 Å². The number of amides is 1. The van der Waals surface area contributed by atoms with Gasteiger partial charge in [0.05, 0.1) is 23.8 Å². The first kappa shape index (κ1) is 18.7. The van der Waals surface area contributed by atoms with E-state index in [9.17, 15) is 4.79 Å². The molecule has 0 unspecified atom stereocenters. The maximum atomic E-state index is 13.4. The van der Waals surface area contributed by atoms with Crippen molar-refractivity contribution >= 4 is 51.5 Å². The lowest BCUT2D eigenvalue weighted by Crippen LogP contribution is -2.41. The van der Waals surface area contributed by atoms with Crippen LogP contribution in [0.15, 0.2) is 54.6 Å². The minimum atomic E-state index is -0.347. The molecule has 2 heterocycles. The van der Waals surface area contributed by atoms with Gasteiger partial charge in [0.2, 0.25) is 5.91 Å². The molecule has 2 aliphatic rings. The standard InChI is InChI=1S/C20H19ClN2O2S2/c1-13-17(19(24)22-11-12-27-20(22)26)18(14-5-3-2-4-6-14)23(25-13)16-9-7-15(21)8-10-16/h2-10,13,17-18H,11-12H2,1H3/t13-,17-,18-/m0/s1. The number of hydrogen-bond donors (Lipinski definition) is 0. The average molecular weight is 419 g/mol.